The molecule has 0 radical (unpaired) electrons. The van der Waals surface area contributed by atoms with Crippen LogP contribution in [0.5, 0.6) is 0 Å². The third kappa shape index (κ3) is 13.2. The number of rotatable bonds is 0. The minimum absolute atomic E-state index is 1.32. The summed E-state index contributed by atoms with van der Waals surface area (Å²) in [5.41, 5.74) is 0. The molecular weight excluding hydrogens is 1160 g/mol. The van der Waals surface area contributed by atoms with Crippen LogP contribution < -0.4 is 0 Å². The number of aliphatic hydroxyl groups is 20. The Hall–Kier alpha value is -0.250. The Morgan fingerprint density at radius 1 is 0.160 bits per heavy atom. The quantitative estimate of drug-likeness (QED) is 0.100. The number of hydrogen-bond acceptors (Lipinski definition) is 35. The Morgan fingerprint density at radius 3 is 0.413 bits per heavy atom. The molecule has 0 aromatic heterocycles. The lowest BCUT2D eigenvalue weighted by atomic mass is 9.85. The lowest BCUT2D eigenvalue weighted by Crippen LogP contribution is -2.66. The molecule has 45 heteroatoms. The Labute approximate surface area is 416 Å². The van der Waals surface area contributed by atoms with Crippen LogP contribution >= 0.6 is 39.1 Å². The van der Waals surface area contributed by atoms with Gasteiger partial charge in [0, 0.05) is 0 Å². The summed E-state index contributed by atoms with van der Waals surface area (Å²) in [4.78, 5) is 47.1. The molecule has 4 bridgehead atoms. The van der Waals surface area contributed by atoms with Crippen molar-refractivity contribution in [2.75, 3.05) is 0 Å². The number of fused-ring (bicyclic) bond motifs is 9. The lowest BCUT2D eigenvalue weighted by molar-refractivity contribution is -0.239. The molecule has 0 aromatic carbocycles. The molecule has 440 valence electrons. The van der Waals surface area contributed by atoms with E-state index in [1.807, 2.05) is 0 Å². The van der Waals surface area contributed by atoms with Crippen molar-refractivity contribution in [2.24, 2.45) is 0 Å². The zero-order chi connectivity index (χ0) is 56.9. The van der Waals surface area contributed by atoms with E-state index in [4.69, 9.17) is 14.7 Å². The first-order valence-corrected chi connectivity index (χ1v) is 28.7. The third-order valence-electron chi connectivity index (χ3n) is 12.8. The topological polar surface area (TPSA) is 683 Å². The van der Waals surface area contributed by atoms with Gasteiger partial charge >= 0.3 is 39.1 Å². The van der Waals surface area contributed by atoms with Crippen LogP contribution in [0.25, 0.3) is 0 Å². The maximum atomic E-state index is 12.4. The molecule has 26 atom stereocenters. The van der Waals surface area contributed by atoms with Gasteiger partial charge in [0.2, 0.25) is 0 Å². The Bertz CT molecular complexity index is 2000. The molecule has 5 saturated carbocycles. The zero-order valence-corrected chi connectivity index (χ0v) is 41.3. The van der Waals surface area contributed by atoms with Gasteiger partial charge in [-0.15, -0.1) is 0 Å². The molecule has 0 spiro atoms. The van der Waals surface area contributed by atoms with E-state index in [1.165, 1.54) is 0 Å². The monoisotopic (exact) mass is 1210 g/mol. The van der Waals surface area contributed by atoms with Crippen molar-refractivity contribution >= 4 is 39.1 Å². The standard InChI is InChI=1S/C12H22O16P2.3C6H11O8P/c13-1-2(14)6(18)10-9(5(1)17)25-29(21,22)27-11-7(19)3(15)4(16)8(20)12(11)28-30(23,24)26-10;7-1-2(8)6-4(10)3(9)5(1)13-15(11,12)14-6;7-1-2(8)5-4(10)6(3(1)9)14-15(11,12)13-5;7-1-2(8)4(10)6-5(3(1)9)13-15(11,12)14-6/h1-20H,(H,21,22)(H,23,24);3*1-10H,(H,11,12). The fourth-order valence-electron chi connectivity index (χ4n) is 8.80. The van der Waals surface area contributed by atoms with E-state index in [-0.39, 0.29) is 0 Å². The van der Waals surface area contributed by atoms with Crippen LogP contribution in [-0.2, 0) is 68.1 Å². The van der Waals surface area contributed by atoms with Gasteiger partial charge in [0.05, 0.1) is 0 Å². The van der Waals surface area contributed by atoms with Crippen LogP contribution in [0, 0.1) is 0 Å². The van der Waals surface area contributed by atoms with Gasteiger partial charge in [0.15, 0.2) is 0 Å². The van der Waals surface area contributed by atoms with Crippen molar-refractivity contribution in [2.45, 2.75) is 183 Å². The third-order valence-corrected chi connectivity index (χ3v) is 17.9. The highest BCUT2D eigenvalue weighted by molar-refractivity contribution is 7.48. The highest BCUT2D eigenvalue weighted by atomic mass is 31.2. The zero-order valence-electron chi connectivity index (χ0n) is 36.9. The molecule has 25 N–H and O–H groups in total. The van der Waals surface area contributed by atoms with Crippen LogP contribution in [0.2, 0.25) is 0 Å². The molecule has 10 rings (SSSR count). The number of phosphoric acid groups is 5. The van der Waals surface area contributed by atoms with Crippen LogP contribution in [0.1, 0.15) is 0 Å². The molecule has 75 heavy (non-hydrogen) atoms. The minimum Gasteiger partial charge on any atom is -0.387 e. The van der Waals surface area contributed by atoms with Crippen molar-refractivity contribution < 1.29 is 195 Å². The molecule has 5 heterocycles. The molecule has 0 amide bonds. The van der Waals surface area contributed by atoms with Gasteiger partial charge in [0.25, 0.3) is 0 Å². The van der Waals surface area contributed by atoms with Crippen LogP contribution in [0.15, 0.2) is 0 Å². The first-order chi connectivity index (χ1) is 34.2. The Morgan fingerprint density at radius 2 is 0.253 bits per heavy atom. The van der Waals surface area contributed by atoms with Crippen molar-refractivity contribution in [3.63, 3.8) is 0 Å². The van der Waals surface area contributed by atoms with E-state index in [0.717, 1.165) is 0 Å². The molecule has 5 saturated heterocycles. The first kappa shape index (κ1) is 63.9. The fourth-order valence-corrected chi connectivity index (χ4v) is 14.6. The molecule has 26 unspecified atom stereocenters. The second-order valence-electron chi connectivity index (χ2n) is 17.9. The lowest BCUT2D eigenvalue weighted by Gasteiger charge is -2.47. The van der Waals surface area contributed by atoms with Crippen molar-refractivity contribution in [1.82, 2.24) is 0 Å². The van der Waals surface area contributed by atoms with Gasteiger partial charge in [-0.3, -0.25) is 45.2 Å². The smallest absolute Gasteiger partial charge is 0.387 e. The number of phosphoric ester groups is 5. The highest BCUT2D eigenvalue weighted by Gasteiger charge is 2.63. The van der Waals surface area contributed by atoms with Crippen molar-refractivity contribution in [3.8, 4) is 0 Å². The van der Waals surface area contributed by atoms with Crippen LogP contribution in [-0.4, -0.2) is 310 Å². The van der Waals surface area contributed by atoms with Crippen LogP contribution in [0.4, 0.5) is 0 Å². The van der Waals surface area contributed by atoms with E-state index in [1.54, 1.807) is 0 Å². The molecule has 10 aliphatic rings. The summed E-state index contributed by atoms with van der Waals surface area (Å²) in [6.45, 7) is 0. The minimum atomic E-state index is -5.40. The van der Waals surface area contributed by atoms with Gasteiger partial charge < -0.3 is 127 Å². The molecular formula is C30H55O40P5. The largest absolute Gasteiger partial charge is 0.473 e. The maximum absolute atomic E-state index is 12.4. The van der Waals surface area contributed by atoms with Gasteiger partial charge in [-0.05, 0) is 0 Å². The second kappa shape index (κ2) is 23.2. The summed E-state index contributed by atoms with van der Waals surface area (Å²) >= 11 is 0. The average molecular weight is 1210 g/mol. The van der Waals surface area contributed by atoms with E-state index in [9.17, 15) is 135 Å². The van der Waals surface area contributed by atoms with E-state index < -0.39 is 222 Å². The molecule has 5 aliphatic heterocycles. The second-order valence-corrected chi connectivity index (χ2v) is 24.6. The predicted octanol–water partition coefficient (Wildman–Crippen LogP) is -13.4. The van der Waals surface area contributed by atoms with E-state index >= 15 is 0 Å². The van der Waals surface area contributed by atoms with E-state index in [0.29, 0.717) is 0 Å². The summed E-state index contributed by atoms with van der Waals surface area (Å²) in [6, 6.07) is 0. The molecule has 40 nitrogen and oxygen atoms in total. The average Bonchev–Trinajstić information content (AvgIpc) is 3.58. The van der Waals surface area contributed by atoms with Gasteiger partial charge in [-0.25, -0.2) is 22.8 Å². The molecule has 10 fully saturated rings. The maximum Gasteiger partial charge on any atom is 0.473 e. The first-order valence-electron chi connectivity index (χ1n) is 21.3. The fraction of sp³-hybridized carbons (Fsp3) is 1.00. The normalized spacial score (nSPS) is 60.3. The predicted molar refractivity (Wildman–Crippen MR) is 218 cm³/mol. The molecule has 5 aliphatic carbocycles. The molecule has 0 aromatic rings. The highest BCUT2D eigenvalue weighted by Crippen LogP contribution is 2.59. The summed E-state index contributed by atoms with van der Waals surface area (Å²) in [5, 5.41) is 192. The summed E-state index contributed by atoms with van der Waals surface area (Å²) in [7, 11) is -24.0. The van der Waals surface area contributed by atoms with Gasteiger partial charge in [0.1, 0.15) is 183 Å². The number of hydrogen-bond donors (Lipinski definition) is 25. The summed E-state index contributed by atoms with van der Waals surface area (Å²) in [6.07, 6.45) is -54.2. The van der Waals surface area contributed by atoms with E-state index in [2.05, 4.69) is 45.2 Å². The van der Waals surface area contributed by atoms with Gasteiger partial charge in [-0.2, -0.15) is 0 Å². The Kier molecular flexibility index (Phi) is 19.8. The van der Waals surface area contributed by atoms with Gasteiger partial charge in [-0.1, -0.05) is 0 Å². The van der Waals surface area contributed by atoms with Crippen molar-refractivity contribution in [1.29, 1.82) is 0 Å². The van der Waals surface area contributed by atoms with Crippen LogP contribution in [0.3, 0.4) is 0 Å². The number of aliphatic hydroxyl groups excluding tert-OH is 20. The summed E-state index contributed by atoms with van der Waals surface area (Å²) < 4.78 is 103. The summed E-state index contributed by atoms with van der Waals surface area (Å²) in [5.74, 6) is 0. The Balaban J connectivity index is 0.000000173. The SMILES string of the molecule is O=P1(O)OC2C(O)C(O)C(O)C(O)C2O1.O=P1(O)OC2C(O)C(O)C(O)C(O)C2OP(=O)(O)OC2C(O)C(O)C(O)C(O)C2O1.O=P1(O)OC2C(O)C(O)C(O)C(O1)C2O.O=P1(O)OC2C(O)C(O)C(O1)C(O)C2O. The van der Waals surface area contributed by atoms with Crippen molar-refractivity contribution in [3.05, 3.63) is 0 Å².